The van der Waals surface area contributed by atoms with Gasteiger partial charge >= 0.3 is 0 Å². The van der Waals surface area contributed by atoms with Crippen molar-refractivity contribution in [1.82, 2.24) is 5.32 Å². The first kappa shape index (κ1) is 16.0. The highest BCUT2D eigenvalue weighted by Crippen LogP contribution is 2.23. The van der Waals surface area contributed by atoms with Crippen LogP contribution in [0.3, 0.4) is 0 Å². The lowest BCUT2D eigenvalue weighted by atomic mass is 9.86. The van der Waals surface area contributed by atoms with Crippen LogP contribution in [0.25, 0.3) is 0 Å². The van der Waals surface area contributed by atoms with Gasteiger partial charge in [0.25, 0.3) is 5.91 Å². The summed E-state index contributed by atoms with van der Waals surface area (Å²) in [5.41, 5.74) is 0.930. The number of halogens is 1. The third-order valence-corrected chi connectivity index (χ3v) is 4.33. The molecular formula is C16H21BrN2O2. The fraction of sp³-hybridized carbons (Fsp3) is 0.500. The molecular weight excluding hydrogens is 332 g/mol. The molecule has 1 aliphatic rings. The van der Waals surface area contributed by atoms with Gasteiger partial charge in [-0.05, 0) is 36.5 Å². The molecule has 1 aliphatic carbocycles. The van der Waals surface area contributed by atoms with Crippen molar-refractivity contribution in [2.75, 3.05) is 6.61 Å². The molecule has 0 heterocycles. The van der Waals surface area contributed by atoms with Gasteiger partial charge in [0.2, 0.25) is 0 Å². The monoisotopic (exact) mass is 352 g/mol. The Kier molecular flexibility index (Phi) is 6.23. The van der Waals surface area contributed by atoms with Crippen molar-refractivity contribution in [1.29, 1.82) is 0 Å². The molecule has 5 heteroatoms. The Hall–Kier alpha value is -1.36. The van der Waals surface area contributed by atoms with Crippen LogP contribution >= 0.6 is 15.9 Å². The van der Waals surface area contributed by atoms with Gasteiger partial charge in [-0.2, -0.15) is 0 Å². The molecule has 0 aromatic heterocycles. The molecule has 0 spiro atoms. The number of hydrogen-bond acceptors (Lipinski definition) is 3. The minimum absolute atomic E-state index is 0.0315. The maximum Gasteiger partial charge on any atom is 0.261 e. The van der Waals surface area contributed by atoms with Gasteiger partial charge in [-0.3, -0.25) is 4.79 Å². The average Bonchev–Trinajstić information content (AvgIpc) is 2.48. The van der Waals surface area contributed by atoms with Gasteiger partial charge in [-0.15, -0.1) is 0 Å². The zero-order valence-electron chi connectivity index (χ0n) is 12.2. The second kappa shape index (κ2) is 8.17. The smallest absolute Gasteiger partial charge is 0.261 e. The molecule has 21 heavy (non-hydrogen) atoms. The molecule has 114 valence electrons. The molecule has 0 aliphatic heterocycles. The summed E-state index contributed by atoms with van der Waals surface area (Å²) >= 11 is 3.37. The van der Waals surface area contributed by atoms with Crippen LogP contribution < -0.4 is 5.32 Å². The number of nitrogens with zero attached hydrogens (tertiary/aromatic N) is 1. The van der Waals surface area contributed by atoms with E-state index in [9.17, 15) is 4.79 Å². The van der Waals surface area contributed by atoms with Crippen molar-refractivity contribution in [3.05, 3.63) is 34.3 Å². The highest BCUT2D eigenvalue weighted by atomic mass is 79.9. The van der Waals surface area contributed by atoms with E-state index in [1.807, 2.05) is 24.3 Å². The highest BCUT2D eigenvalue weighted by Gasteiger charge is 2.22. The molecule has 1 amide bonds. The van der Waals surface area contributed by atoms with E-state index in [1.165, 1.54) is 19.3 Å². The van der Waals surface area contributed by atoms with Crippen molar-refractivity contribution in [3.63, 3.8) is 0 Å². The van der Waals surface area contributed by atoms with Crippen LogP contribution in [-0.2, 0) is 9.63 Å². The Morgan fingerprint density at radius 3 is 2.81 bits per heavy atom. The minimum atomic E-state index is -0.0956. The van der Waals surface area contributed by atoms with Gasteiger partial charge in [0.05, 0.1) is 6.21 Å². The predicted molar refractivity (Wildman–Crippen MR) is 87.3 cm³/mol. The summed E-state index contributed by atoms with van der Waals surface area (Å²) in [5.74, 6) is 0.454. The lowest BCUT2D eigenvalue weighted by molar-refractivity contribution is -0.126. The normalized spacial score (nSPS) is 22.2. The molecule has 2 atom stereocenters. The van der Waals surface area contributed by atoms with E-state index in [4.69, 9.17) is 4.84 Å². The van der Waals surface area contributed by atoms with Crippen LogP contribution in [0.1, 0.15) is 38.2 Å². The van der Waals surface area contributed by atoms with Crippen LogP contribution in [0.2, 0.25) is 0 Å². The third kappa shape index (κ3) is 5.50. The van der Waals surface area contributed by atoms with Crippen molar-refractivity contribution >= 4 is 28.1 Å². The number of nitrogens with one attached hydrogen (secondary N) is 1. The molecule has 0 unspecified atom stereocenters. The van der Waals surface area contributed by atoms with Crippen LogP contribution in [0, 0.1) is 5.92 Å². The minimum Gasteiger partial charge on any atom is -0.386 e. The molecule has 1 saturated carbocycles. The SMILES string of the molecule is C[C@@H]1CCCC[C@@H]1NC(=O)CO/N=C\c1ccc(Br)cc1. The van der Waals surface area contributed by atoms with Crippen LogP contribution in [-0.4, -0.2) is 24.8 Å². The molecule has 4 nitrogen and oxygen atoms in total. The third-order valence-electron chi connectivity index (χ3n) is 3.80. The topological polar surface area (TPSA) is 50.7 Å². The summed E-state index contributed by atoms with van der Waals surface area (Å²) in [7, 11) is 0. The predicted octanol–water partition coefficient (Wildman–Crippen LogP) is 3.49. The van der Waals surface area contributed by atoms with Crippen LogP contribution in [0.4, 0.5) is 0 Å². The van der Waals surface area contributed by atoms with Gasteiger partial charge in [-0.1, -0.05) is 53.0 Å². The summed E-state index contributed by atoms with van der Waals surface area (Å²) in [4.78, 5) is 16.8. The maximum absolute atomic E-state index is 11.8. The van der Waals surface area contributed by atoms with Gasteiger partial charge in [-0.25, -0.2) is 0 Å². The zero-order chi connectivity index (χ0) is 15.1. The van der Waals surface area contributed by atoms with E-state index in [2.05, 4.69) is 33.3 Å². The lowest BCUT2D eigenvalue weighted by Gasteiger charge is -2.29. The first-order valence-corrected chi connectivity index (χ1v) is 8.15. The zero-order valence-corrected chi connectivity index (χ0v) is 13.8. The number of amides is 1. The van der Waals surface area contributed by atoms with E-state index in [-0.39, 0.29) is 18.6 Å². The largest absolute Gasteiger partial charge is 0.386 e. The highest BCUT2D eigenvalue weighted by molar-refractivity contribution is 9.10. The van der Waals surface area contributed by atoms with Crippen molar-refractivity contribution < 1.29 is 9.63 Å². The standard InChI is InChI=1S/C16H21BrN2O2/c1-12-4-2-3-5-15(12)19-16(20)11-21-18-10-13-6-8-14(17)9-7-13/h6-10,12,15H,2-5,11H2,1H3,(H,19,20)/b18-10-/t12-,15+/m1/s1. The first-order chi connectivity index (χ1) is 10.1. The number of hydrogen-bond donors (Lipinski definition) is 1. The van der Waals surface area contributed by atoms with Crippen molar-refractivity contribution in [2.24, 2.45) is 11.1 Å². The molecule has 1 aromatic rings. The summed E-state index contributed by atoms with van der Waals surface area (Å²) in [6.07, 6.45) is 6.31. The Labute approximate surface area is 134 Å². The molecule has 1 fully saturated rings. The van der Waals surface area contributed by atoms with E-state index in [0.717, 1.165) is 16.5 Å². The quantitative estimate of drug-likeness (QED) is 0.651. The Morgan fingerprint density at radius 1 is 1.38 bits per heavy atom. The van der Waals surface area contributed by atoms with E-state index < -0.39 is 0 Å². The van der Waals surface area contributed by atoms with E-state index in [1.54, 1.807) is 6.21 Å². The van der Waals surface area contributed by atoms with Crippen molar-refractivity contribution in [2.45, 2.75) is 38.6 Å². The molecule has 0 bridgehead atoms. The second-order valence-electron chi connectivity index (χ2n) is 5.50. The van der Waals surface area contributed by atoms with Crippen LogP contribution in [0.15, 0.2) is 33.9 Å². The second-order valence-corrected chi connectivity index (χ2v) is 6.41. The number of benzene rings is 1. The van der Waals surface area contributed by atoms with E-state index >= 15 is 0 Å². The average molecular weight is 353 g/mol. The Morgan fingerprint density at radius 2 is 2.10 bits per heavy atom. The molecule has 0 saturated heterocycles. The fourth-order valence-corrected chi connectivity index (χ4v) is 2.79. The van der Waals surface area contributed by atoms with E-state index in [0.29, 0.717) is 5.92 Å². The Balaban J connectivity index is 1.70. The van der Waals surface area contributed by atoms with Crippen LogP contribution in [0.5, 0.6) is 0 Å². The summed E-state index contributed by atoms with van der Waals surface area (Å²) in [6.45, 7) is 2.16. The van der Waals surface area contributed by atoms with Gasteiger partial charge in [0.1, 0.15) is 0 Å². The fourth-order valence-electron chi connectivity index (χ4n) is 2.52. The Bertz CT molecular complexity index is 488. The molecule has 1 aromatic carbocycles. The summed E-state index contributed by atoms with van der Waals surface area (Å²) in [5, 5.41) is 6.85. The number of carbonyl (C=O) groups excluding carboxylic acids is 1. The van der Waals surface area contributed by atoms with Gasteiger partial charge in [0.15, 0.2) is 6.61 Å². The number of oxime groups is 1. The number of rotatable bonds is 5. The molecule has 0 radical (unpaired) electrons. The lowest BCUT2D eigenvalue weighted by Crippen LogP contribution is -2.42. The maximum atomic E-state index is 11.8. The first-order valence-electron chi connectivity index (χ1n) is 7.35. The summed E-state index contributed by atoms with van der Waals surface area (Å²) in [6, 6.07) is 7.98. The van der Waals surface area contributed by atoms with Gasteiger partial charge < -0.3 is 10.2 Å². The molecule has 1 N–H and O–H groups in total. The summed E-state index contributed by atoms with van der Waals surface area (Å²) < 4.78 is 1.02. The molecule has 2 rings (SSSR count). The van der Waals surface area contributed by atoms with Gasteiger partial charge in [0, 0.05) is 10.5 Å². The van der Waals surface area contributed by atoms with Crippen molar-refractivity contribution in [3.8, 4) is 0 Å². The number of carbonyl (C=O) groups is 1.